The Morgan fingerprint density at radius 2 is 1.75 bits per heavy atom. The minimum absolute atomic E-state index is 0.0485. The van der Waals surface area contributed by atoms with Crippen LogP contribution in [0.5, 0.6) is 0 Å². The second-order valence-corrected chi connectivity index (χ2v) is 7.64. The molecule has 2 heterocycles. The van der Waals surface area contributed by atoms with Crippen molar-refractivity contribution in [2.24, 2.45) is 5.41 Å². The zero-order valence-electron chi connectivity index (χ0n) is 16.0. The molecule has 0 saturated carbocycles. The molecule has 1 aliphatic heterocycles. The molecule has 1 aliphatic rings. The molecule has 0 N–H and O–H groups in total. The summed E-state index contributed by atoms with van der Waals surface area (Å²) in [4.78, 5) is 43.2. The number of aromatic nitrogens is 3. The molecule has 28 heavy (non-hydrogen) atoms. The molecule has 2 aromatic rings. The molecular weight excluding hydrogens is 364 g/mol. The lowest BCUT2D eigenvalue weighted by molar-refractivity contribution is -0.384. The number of benzene rings is 1. The van der Waals surface area contributed by atoms with Gasteiger partial charge >= 0.3 is 0 Å². The first-order chi connectivity index (χ1) is 13.2. The third-order valence-corrected chi connectivity index (χ3v) is 4.58. The van der Waals surface area contributed by atoms with E-state index in [2.05, 4.69) is 10.1 Å². The molecule has 1 fully saturated rings. The smallest absolute Gasteiger partial charge is 0.295 e. The van der Waals surface area contributed by atoms with Crippen LogP contribution in [0.2, 0.25) is 0 Å². The summed E-state index contributed by atoms with van der Waals surface area (Å²) < 4.78 is 1.28. The third kappa shape index (κ3) is 3.85. The second-order valence-electron chi connectivity index (χ2n) is 7.64. The molecule has 1 aromatic carbocycles. The number of rotatable bonds is 3. The van der Waals surface area contributed by atoms with Gasteiger partial charge in [0.05, 0.1) is 4.92 Å². The number of nitro benzene ring substituents is 1. The van der Waals surface area contributed by atoms with E-state index in [9.17, 15) is 19.7 Å². The van der Waals surface area contributed by atoms with Crippen LogP contribution in [0.15, 0.2) is 30.9 Å². The zero-order valence-corrected chi connectivity index (χ0v) is 16.0. The molecule has 1 saturated heterocycles. The van der Waals surface area contributed by atoms with Crippen LogP contribution in [0.25, 0.3) is 5.69 Å². The molecule has 0 aliphatic carbocycles. The van der Waals surface area contributed by atoms with Crippen molar-refractivity contribution >= 4 is 17.5 Å². The number of nitro groups is 1. The Morgan fingerprint density at radius 1 is 1.11 bits per heavy atom. The zero-order chi connectivity index (χ0) is 20.5. The average molecular weight is 386 g/mol. The van der Waals surface area contributed by atoms with Crippen LogP contribution in [0.3, 0.4) is 0 Å². The summed E-state index contributed by atoms with van der Waals surface area (Å²) in [5.41, 5.74) is -0.229. The maximum Gasteiger partial charge on any atom is 0.295 e. The summed E-state index contributed by atoms with van der Waals surface area (Å²) in [5.74, 6) is -0.247. The minimum atomic E-state index is -0.548. The number of piperazine rings is 1. The number of nitrogens with zero attached hydrogens (tertiary/aromatic N) is 6. The van der Waals surface area contributed by atoms with Crippen LogP contribution in [0.1, 0.15) is 31.1 Å². The van der Waals surface area contributed by atoms with Crippen molar-refractivity contribution in [2.45, 2.75) is 20.8 Å². The fraction of sp³-hybridized carbons (Fsp3) is 0.444. The molecule has 0 bridgehead atoms. The van der Waals surface area contributed by atoms with Gasteiger partial charge in [-0.2, -0.15) is 5.10 Å². The maximum atomic E-state index is 12.8. The highest BCUT2D eigenvalue weighted by molar-refractivity contribution is 5.95. The molecule has 148 valence electrons. The van der Waals surface area contributed by atoms with E-state index in [-0.39, 0.29) is 28.8 Å². The Balaban J connectivity index is 1.76. The van der Waals surface area contributed by atoms with E-state index in [0.29, 0.717) is 26.2 Å². The Hall–Kier alpha value is -3.30. The van der Waals surface area contributed by atoms with Gasteiger partial charge in [0.25, 0.3) is 11.6 Å². The topological polar surface area (TPSA) is 114 Å². The SMILES string of the molecule is CC(C)(C)C(=O)N1CCN(C(=O)c2ccc(-n3cncn3)c([N+](=O)[O-])c2)CC1. The van der Waals surface area contributed by atoms with Gasteiger partial charge in [0.2, 0.25) is 5.91 Å². The summed E-state index contributed by atoms with van der Waals surface area (Å²) in [5, 5.41) is 15.4. The lowest BCUT2D eigenvalue weighted by Gasteiger charge is -2.37. The number of carbonyl (C=O) groups is 2. The van der Waals surface area contributed by atoms with E-state index in [1.165, 1.54) is 29.5 Å². The molecule has 2 amide bonds. The van der Waals surface area contributed by atoms with Gasteiger partial charge in [-0.05, 0) is 12.1 Å². The molecule has 0 unspecified atom stereocenters. The van der Waals surface area contributed by atoms with Crippen LogP contribution in [0.4, 0.5) is 5.69 Å². The molecule has 10 nitrogen and oxygen atoms in total. The van der Waals surface area contributed by atoms with Crippen LogP contribution < -0.4 is 0 Å². The van der Waals surface area contributed by atoms with Gasteiger partial charge in [-0.15, -0.1) is 0 Å². The van der Waals surface area contributed by atoms with Gasteiger partial charge in [0.15, 0.2) is 0 Å². The first-order valence-corrected chi connectivity index (χ1v) is 8.90. The van der Waals surface area contributed by atoms with Crippen LogP contribution >= 0.6 is 0 Å². The van der Waals surface area contributed by atoms with E-state index in [4.69, 9.17) is 0 Å². The van der Waals surface area contributed by atoms with Crippen molar-refractivity contribution in [1.82, 2.24) is 24.6 Å². The maximum absolute atomic E-state index is 12.8. The summed E-state index contributed by atoms with van der Waals surface area (Å²) in [6.07, 6.45) is 2.64. The molecule has 0 spiro atoms. The van der Waals surface area contributed by atoms with Crippen molar-refractivity contribution < 1.29 is 14.5 Å². The van der Waals surface area contributed by atoms with Crippen molar-refractivity contribution in [3.05, 3.63) is 46.5 Å². The van der Waals surface area contributed by atoms with Gasteiger partial charge < -0.3 is 9.80 Å². The predicted molar refractivity (Wildman–Crippen MR) is 100.0 cm³/mol. The van der Waals surface area contributed by atoms with Crippen LogP contribution in [0, 0.1) is 15.5 Å². The van der Waals surface area contributed by atoms with Gasteiger partial charge in [0, 0.05) is 43.2 Å². The number of hydrogen-bond donors (Lipinski definition) is 0. The summed E-state index contributed by atoms with van der Waals surface area (Å²) in [6.45, 7) is 7.26. The fourth-order valence-electron chi connectivity index (χ4n) is 3.10. The second kappa shape index (κ2) is 7.37. The first kappa shape index (κ1) is 19.5. The lowest BCUT2D eigenvalue weighted by Crippen LogP contribution is -2.53. The van der Waals surface area contributed by atoms with E-state index in [1.807, 2.05) is 20.8 Å². The standard InChI is InChI=1S/C18H22N6O4/c1-18(2,3)17(26)22-8-6-21(7-9-22)16(25)13-4-5-14(15(10-13)24(27)28)23-12-19-11-20-23/h4-5,10-12H,6-9H2,1-3H3. The lowest BCUT2D eigenvalue weighted by atomic mass is 9.94. The predicted octanol–water partition coefficient (Wildman–Crippen LogP) is 1.51. The summed E-state index contributed by atoms with van der Waals surface area (Å²) in [7, 11) is 0. The Labute approximate surface area is 161 Å². The van der Waals surface area contributed by atoms with E-state index in [1.54, 1.807) is 15.9 Å². The van der Waals surface area contributed by atoms with E-state index in [0.717, 1.165) is 0 Å². The third-order valence-electron chi connectivity index (χ3n) is 4.58. The normalized spacial score (nSPS) is 14.8. The highest BCUT2D eigenvalue weighted by Gasteiger charge is 2.31. The largest absolute Gasteiger partial charge is 0.339 e. The van der Waals surface area contributed by atoms with Crippen molar-refractivity contribution in [2.75, 3.05) is 26.2 Å². The van der Waals surface area contributed by atoms with Gasteiger partial charge in [-0.25, -0.2) is 9.67 Å². The van der Waals surface area contributed by atoms with E-state index < -0.39 is 10.3 Å². The number of amides is 2. The van der Waals surface area contributed by atoms with Gasteiger partial charge in [0.1, 0.15) is 18.3 Å². The fourth-order valence-corrected chi connectivity index (χ4v) is 3.10. The molecule has 0 radical (unpaired) electrons. The van der Waals surface area contributed by atoms with Crippen molar-refractivity contribution in [1.29, 1.82) is 0 Å². The van der Waals surface area contributed by atoms with Crippen LogP contribution in [-0.2, 0) is 4.79 Å². The van der Waals surface area contributed by atoms with E-state index >= 15 is 0 Å². The van der Waals surface area contributed by atoms with Gasteiger partial charge in [-0.3, -0.25) is 19.7 Å². The number of carbonyl (C=O) groups excluding carboxylic acids is 2. The van der Waals surface area contributed by atoms with Gasteiger partial charge in [-0.1, -0.05) is 20.8 Å². The minimum Gasteiger partial charge on any atom is -0.339 e. The van der Waals surface area contributed by atoms with Crippen LogP contribution in [-0.4, -0.2) is 67.5 Å². The average Bonchev–Trinajstić information content (AvgIpc) is 3.20. The quantitative estimate of drug-likeness (QED) is 0.583. The van der Waals surface area contributed by atoms with Crippen molar-refractivity contribution in [3.63, 3.8) is 0 Å². The summed E-state index contributed by atoms with van der Waals surface area (Å²) in [6, 6.07) is 4.28. The first-order valence-electron chi connectivity index (χ1n) is 8.90. The molecule has 0 atom stereocenters. The molecular formula is C18H22N6O4. The van der Waals surface area contributed by atoms with Crippen molar-refractivity contribution in [3.8, 4) is 5.69 Å². The molecule has 10 heteroatoms. The number of hydrogen-bond acceptors (Lipinski definition) is 6. The Kier molecular flexibility index (Phi) is 5.12. The molecule has 3 rings (SSSR count). The molecule has 1 aromatic heterocycles. The Bertz CT molecular complexity index is 895. The highest BCUT2D eigenvalue weighted by Crippen LogP contribution is 2.25. The Morgan fingerprint density at radius 3 is 2.29 bits per heavy atom. The monoisotopic (exact) mass is 386 g/mol. The highest BCUT2D eigenvalue weighted by atomic mass is 16.6. The summed E-state index contributed by atoms with van der Waals surface area (Å²) >= 11 is 0.